The Hall–Kier alpha value is -1.73. The monoisotopic (exact) mass is 306 g/mol. The highest BCUT2D eigenvalue weighted by atomic mass is 35.5. The van der Waals surface area contributed by atoms with Gasteiger partial charge >= 0.3 is 0 Å². The minimum absolute atomic E-state index is 0.481. The topological polar surface area (TPSA) is 80.2 Å². The second-order valence-corrected chi connectivity index (χ2v) is 5.43. The third-order valence-electron chi connectivity index (χ3n) is 2.79. The Kier molecular flexibility index (Phi) is 3.54. The van der Waals surface area contributed by atoms with Crippen LogP contribution in [0.1, 0.15) is 18.3 Å². The SMILES string of the molecule is CCc1nc(Cl)c(C)c(Sc2ncnc3nc[nH]c23)n1. The average Bonchev–Trinajstić information content (AvgIpc) is 2.93. The largest absolute Gasteiger partial charge is 0.341 e. The number of nitrogens with zero attached hydrogens (tertiary/aromatic N) is 5. The number of hydrogen-bond acceptors (Lipinski definition) is 6. The lowest BCUT2D eigenvalue weighted by molar-refractivity contribution is 0.870. The summed E-state index contributed by atoms with van der Waals surface area (Å²) in [6.45, 7) is 3.89. The molecule has 0 fully saturated rings. The number of nitrogens with one attached hydrogen (secondary N) is 1. The predicted octanol–water partition coefficient (Wildman–Crippen LogP) is 2.82. The van der Waals surface area contributed by atoms with E-state index in [1.165, 1.54) is 18.1 Å². The molecule has 0 unspecified atom stereocenters. The summed E-state index contributed by atoms with van der Waals surface area (Å²) in [5.41, 5.74) is 2.28. The summed E-state index contributed by atoms with van der Waals surface area (Å²) in [6.07, 6.45) is 3.82. The number of fused-ring (bicyclic) bond motifs is 1. The Morgan fingerprint density at radius 2 is 2.05 bits per heavy atom. The summed E-state index contributed by atoms with van der Waals surface area (Å²) < 4.78 is 0. The Balaban J connectivity index is 2.07. The van der Waals surface area contributed by atoms with Crippen molar-refractivity contribution < 1.29 is 0 Å². The van der Waals surface area contributed by atoms with Gasteiger partial charge in [-0.2, -0.15) is 0 Å². The van der Waals surface area contributed by atoms with Crippen LogP contribution in [0.4, 0.5) is 0 Å². The first-order valence-corrected chi connectivity index (χ1v) is 7.23. The molecule has 3 heterocycles. The van der Waals surface area contributed by atoms with Gasteiger partial charge in [0, 0.05) is 12.0 Å². The van der Waals surface area contributed by atoms with Crippen molar-refractivity contribution in [2.45, 2.75) is 30.3 Å². The summed E-state index contributed by atoms with van der Waals surface area (Å²) in [6, 6.07) is 0. The predicted molar refractivity (Wildman–Crippen MR) is 77.0 cm³/mol. The number of aromatic amines is 1. The average molecular weight is 307 g/mol. The van der Waals surface area contributed by atoms with E-state index in [1.807, 2.05) is 13.8 Å². The highest BCUT2D eigenvalue weighted by Crippen LogP contribution is 2.32. The van der Waals surface area contributed by atoms with Gasteiger partial charge in [0.05, 0.1) is 6.33 Å². The summed E-state index contributed by atoms with van der Waals surface area (Å²) in [7, 11) is 0. The van der Waals surface area contributed by atoms with E-state index in [2.05, 4.69) is 29.9 Å². The number of aryl methyl sites for hydroxylation is 1. The van der Waals surface area contributed by atoms with E-state index in [-0.39, 0.29) is 0 Å². The molecule has 3 aromatic heterocycles. The summed E-state index contributed by atoms with van der Waals surface area (Å²) in [5.74, 6) is 0.720. The molecule has 3 aromatic rings. The molecule has 0 aliphatic carbocycles. The Morgan fingerprint density at radius 1 is 1.20 bits per heavy atom. The zero-order valence-electron chi connectivity index (χ0n) is 10.9. The Labute approximate surface area is 124 Å². The van der Waals surface area contributed by atoms with Crippen molar-refractivity contribution in [3.63, 3.8) is 0 Å². The van der Waals surface area contributed by atoms with E-state index in [0.717, 1.165) is 33.4 Å². The summed E-state index contributed by atoms with van der Waals surface area (Å²) in [5, 5.41) is 2.05. The molecule has 0 bridgehead atoms. The second kappa shape index (κ2) is 5.34. The zero-order valence-corrected chi connectivity index (χ0v) is 12.5. The van der Waals surface area contributed by atoms with Gasteiger partial charge in [-0.05, 0) is 18.7 Å². The second-order valence-electron chi connectivity index (χ2n) is 4.10. The summed E-state index contributed by atoms with van der Waals surface area (Å²) >= 11 is 7.58. The van der Waals surface area contributed by atoms with Crippen molar-refractivity contribution in [2.75, 3.05) is 0 Å². The number of H-pyrrole nitrogens is 1. The number of halogens is 1. The number of aromatic nitrogens is 6. The molecule has 0 atom stereocenters. The van der Waals surface area contributed by atoms with E-state index < -0.39 is 0 Å². The number of rotatable bonds is 3. The molecule has 8 heteroatoms. The Bertz CT molecular complexity index is 772. The lowest BCUT2D eigenvalue weighted by Gasteiger charge is -2.07. The van der Waals surface area contributed by atoms with E-state index >= 15 is 0 Å². The highest BCUT2D eigenvalue weighted by molar-refractivity contribution is 7.99. The van der Waals surface area contributed by atoms with Crippen molar-refractivity contribution in [1.29, 1.82) is 0 Å². The molecule has 0 spiro atoms. The van der Waals surface area contributed by atoms with Crippen molar-refractivity contribution in [1.82, 2.24) is 29.9 Å². The van der Waals surface area contributed by atoms with E-state index in [1.54, 1.807) is 6.33 Å². The number of imidazole rings is 1. The van der Waals surface area contributed by atoms with Gasteiger partial charge < -0.3 is 4.98 Å². The van der Waals surface area contributed by atoms with Crippen molar-refractivity contribution >= 4 is 34.5 Å². The highest BCUT2D eigenvalue weighted by Gasteiger charge is 2.13. The van der Waals surface area contributed by atoms with Crippen LogP contribution in [0.3, 0.4) is 0 Å². The van der Waals surface area contributed by atoms with Crippen LogP contribution >= 0.6 is 23.4 Å². The fourth-order valence-electron chi connectivity index (χ4n) is 1.68. The van der Waals surface area contributed by atoms with Crippen LogP contribution in [0.15, 0.2) is 22.7 Å². The Morgan fingerprint density at radius 3 is 2.85 bits per heavy atom. The third-order valence-corrected chi connectivity index (χ3v) is 4.25. The van der Waals surface area contributed by atoms with Crippen LogP contribution in [0.2, 0.25) is 5.15 Å². The standard InChI is InChI=1S/C12H11ClN6S/c1-3-7-18-9(13)6(2)11(19-7)20-12-8-10(15-4-14-8)16-5-17-12/h4-5H,3H2,1-2H3,(H,14,15,16,17). The maximum Gasteiger partial charge on any atom is 0.181 e. The normalized spacial score (nSPS) is 11.2. The number of hydrogen-bond donors (Lipinski definition) is 1. The van der Waals surface area contributed by atoms with Crippen LogP contribution in [-0.4, -0.2) is 29.9 Å². The molecule has 0 aliphatic rings. The molecule has 6 nitrogen and oxygen atoms in total. The van der Waals surface area contributed by atoms with E-state index in [0.29, 0.717) is 10.8 Å². The van der Waals surface area contributed by atoms with Gasteiger partial charge in [-0.15, -0.1) is 0 Å². The van der Waals surface area contributed by atoms with Gasteiger partial charge in [0.1, 0.15) is 32.9 Å². The van der Waals surface area contributed by atoms with Crippen LogP contribution in [0, 0.1) is 6.92 Å². The van der Waals surface area contributed by atoms with Crippen LogP contribution in [-0.2, 0) is 6.42 Å². The van der Waals surface area contributed by atoms with E-state index in [9.17, 15) is 0 Å². The van der Waals surface area contributed by atoms with Crippen molar-refractivity contribution in [3.8, 4) is 0 Å². The molecule has 0 aliphatic heterocycles. The van der Waals surface area contributed by atoms with Crippen molar-refractivity contribution in [2.24, 2.45) is 0 Å². The maximum atomic E-state index is 6.14. The van der Waals surface area contributed by atoms with Crippen LogP contribution < -0.4 is 0 Å². The van der Waals surface area contributed by atoms with Gasteiger partial charge in [-0.3, -0.25) is 0 Å². The van der Waals surface area contributed by atoms with Gasteiger partial charge in [0.15, 0.2) is 5.65 Å². The van der Waals surface area contributed by atoms with Gasteiger partial charge in [-0.1, -0.05) is 18.5 Å². The van der Waals surface area contributed by atoms with Crippen molar-refractivity contribution in [3.05, 3.63) is 29.2 Å². The minimum Gasteiger partial charge on any atom is -0.341 e. The van der Waals surface area contributed by atoms with Gasteiger partial charge in [0.2, 0.25) is 0 Å². The maximum absolute atomic E-state index is 6.14. The van der Waals surface area contributed by atoms with E-state index in [4.69, 9.17) is 11.6 Å². The first-order chi connectivity index (χ1) is 9.69. The fourth-order valence-corrected chi connectivity index (χ4v) is 2.86. The van der Waals surface area contributed by atoms with Gasteiger partial charge in [0.25, 0.3) is 0 Å². The molecule has 0 amide bonds. The zero-order chi connectivity index (χ0) is 14.1. The van der Waals surface area contributed by atoms with Gasteiger partial charge in [-0.25, -0.2) is 24.9 Å². The lowest BCUT2D eigenvalue weighted by Crippen LogP contribution is -1.99. The molecule has 20 heavy (non-hydrogen) atoms. The summed E-state index contributed by atoms with van der Waals surface area (Å²) in [4.78, 5) is 24.3. The third kappa shape index (κ3) is 2.34. The molecular formula is C12H11ClN6S. The molecule has 0 saturated carbocycles. The molecule has 1 N–H and O–H groups in total. The van der Waals surface area contributed by atoms with Crippen LogP contribution in [0.25, 0.3) is 11.2 Å². The fraction of sp³-hybridized carbons (Fsp3) is 0.250. The first kappa shape index (κ1) is 13.3. The lowest BCUT2D eigenvalue weighted by atomic mass is 10.3. The molecule has 3 rings (SSSR count). The smallest absolute Gasteiger partial charge is 0.181 e. The van der Waals surface area contributed by atoms with Crippen LogP contribution in [0.5, 0.6) is 0 Å². The molecule has 0 radical (unpaired) electrons. The molecular weight excluding hydrogens is 296 g/mol. The first-order valence-electron chi connectivity index (χ1n) is 6.04. The molecule has 102 valence electrons. The minimum atomic E-state index is 0.481. The molecule has 0 aromatic carbocycles. The quantitative estimate of drug-likeness (QED) is 0.749. The molecule has 0 saturated heterocycles.